The number of hydrogen-bond acceptors (Lipinski definition) is 2. The summed E-state index contributed by atoms with van der Waals surface area (Å²) in [5, 5.41) is 3.58. The van der Waals surface area contributed by atoms with Gasteiger partial charge in [-0.05, 0) is 25.3 Å². The third kappa shape index (κ3) is 8.12. The minimum absolute atomic E-state index is 0.645. The third-order valence-corrected chi connectivity index (χ3v) is 3.32. The molecular formula is C14H31NO. The Balaban J connectivity index is 3.90. The summed E-state index contributed by atoms with van der Waals surface area (Å²) in [6.07, 6.45) is 7.86. The van der Waals surface area contributed by atoms with Crippen molar-refractivity contribution in [3.05, 3.63) is 0 Å². The molecule has 0 saturated heterocycles. The fraction of sp³-hybridized carbons (Fsp3) is 1.00. The molecule has 0 aliphatic heterocycles. The topological polar surface area (TPSA) is 21.3 Å². The highest BCUT2D eigenvalue weighted by molar-refractivity contribution is 4.71. The molecule has 2 heteroatoms. The van der Waals surface area contributed by atoms with Gasteiger partial charge in [0.05, 0.1) is 0 Å². The maximum Gasteiger partial charge on any atom is 0.0477 e. The molecule has 2 atom stereocenters. The molecule has 1 N–H and O–H groups in total. The van der Waals surface area contributed by atoms with E-state index in [-0.39, 0.29) is 0 Å². The van der Waals surface area contributed by atoms with Crippen molar-refractivity contribution >= 4 is 0 Å². The Morgan fingerprint density at radius 2 is 1.88 bits per heavy atom. The predicted molar refractivity (Wildman–Crippen MR) is 71.9 cm³/mol. The average Bonchev–Trinajstić information content (AvgIpc) is 2.31. The van der Waals surface area contributed by atoms with E-state index in [0.717, 1.165) is 25.5 Å². The van der Waals surface area contributed by atoms with Crippen molar-refractivity contribution in [3.8, 4) is 0 Å². The molecule has 16 heavy (non-hydrogen) atoms. The lowest BCUT2D eigenvalue weighted by Gasteiger charge is -2.23. The Bertz CT molecular complexity index is 139. The van der Waals surface area contributed by atoms with E-state index in [2.05, 4.69) is 26.1 Å². The Morgan fingerprint density at radius 3 is 2.38 bits per heavy atom. The van der Waals surface area contributed by atoms with Crippen LogP contribution < -0.4 is 5.32 Å². The summed E-state index contributed by atoms with van der Waals surface area (Å²) in [5.74, 6) is 0.890. The van der Waals surface area contributed by atoms with E-state index in [4.69, 9.17) is 4.74 Å². The molecule has 0 aliphatic carbocycles. The summed E-state index contributed by atoms with van der Waals surface area (Å²) in [6.45, 7) is 8.73. The Morgan fingerprint density at radius 1 is 1.12 bits per heavy atom. The van der Waals surface area contributed by atoms with Crippen LogP contribution >= 0.6 is 0 Å². The second kappa shape index (κ2) is 11.4. The van der Waals surface area contributed by atoms with Gasteiger partial charge in [-0.15, -0.1) is 0 Å². The largest absolute Gasteiger partial charge is 0.385 e. The molecule has 0 rings (SSSR count). The first-order valence-electron chi connectivity index (χ1n) is 7.00. The zero-order valence-electron chi connectivity index (χ0n) is 11.7. The van der Waals surface area contributed by atoms with Crippen molar-refractivity contribution in [3.63, 3.8) is 0 Å². The molecular weight excluding hydrogens is 198 g/mol. The summed E-state index contributed by atoms with van der Waals surface area (Å²) in [4.78, 5) is 0. The number of nitrogens with one attached hydrogen (secondary N) is 1. The molecule has 2 nitrogen and oxygen atoms in total. The van der Waals surface area contributed by atoms with Crippen molar-refractivity contribution in [2.24, 2.45) is 5.92 Å². The lowest BCUT2D eigenvalue weighted by molar-refractivity contribution is 0.176. The van der Waals surface area contributed by atoms with E-state index in [1.807, 2.05) is 0 Å². The molecule has 0 saturated carbocycles. The van der Waals surface area contributed by atoms with Gasteiger partial charge < -0.3 is 10.1 Å². The summed E-state index contributed by atoms with van der Waals surface area (Å²) >= 11 is 0. The van der Waals surface area contributed by atoms with Crippen LogP contribution in [0.4, 0.5) is 0 Å². The molecule has 0 aromatic carbocycles. The third-order valence-electron chi connectivity index (χ3n) is 3.32. The molecule has 0 bridgehead atoms. The van der Waals surface area contributed by atoms with Crippen LogP contribution in [-0.4, -0.2) is 26.3 Å². The number of methoxy groups -OCH3 is 1. The Kier molecular flexibility index (Phi) is 11.3. The molecule has 0 heterocycles. The Labute approximate surface area is 102 Å². The van der Waals surface area contributed by atoms with Gasteiger partial charge in [-0.25, -0.2) is 0 Å². The van der Waals surface area contributed by atoms with E-state index in [0.29, 0.717) is 6.04 Å². The maximum absolute atomic E-state index is 5.18. The smallest absolute Gasteiger partial charge is 0.0477 e. The van der Waals surface area contributed by atoms with Gasteiger partial charge in [0.15, 0.2) is 0 Å². The first-order valence-corrected chi connectivity index (χ1v) is 7.00. The van der Waals surface area contributed by atoms with E-state index in [1.165, 1.54) is 32.1 Å². The zero-order chi connectivity index (χ0) is 12.2. The highest BCUT2D eigenvalue weighted by atomic mass is 16.5. The molecule has 2 unspecified atom stereocenters. The van der Waals surface area contributed by atoms with Gasteiger partial charge in [0.2, 0.25) is 0 Å². The van der Waals surface area contributed by atoms with E-state index >= 15 is 0 Å². The second-order valence-electron chi connectivity index (χ2n) is 4.69. The van der Waals surface area contributed by atoms with Crippen LogP contribution in [0.2, 0.25) is 0 Å². The van der Waals surface area contributed by atoms with Crippen LogP contribution in [0.5, 0.6) is 0 Å². The lowest BCUT2D eigenvalue weighted by atomic mass is 9.91. The van der Waals surface area contributed by atoms with Crippen LogP contribution in [0.25, 0.3) is 0 Å². The summed E-state index contributed by atoms with van der Waals surface area (Å²) in [7, 11) is 1.79. The van der Waals surface area contributed by atoms with Gasteiger partial charge in [0, 0.05) is 19.8 Å². The molecule has 0 amide bonds. The SMILES string of the molecule is CCCCC(CC)CC(CCOC)NCC. The van der Waals surface area contributed by atoms with E-state index in [9.17, 15) is 0 Å². The molecule has 0 aliphatic rings. The Hall–Kier alpha value is -0.0800. The highest BCUT2D eigenvalue weighted by Gasteiger charge is 2.13. The van der Waals surface area contributed by atoms with Gasteiger partial charge >= 0.3 is 0 Å². The number of ether oxygens (including phenoxy) is 1. The van der Waals surface area contributed by atoms with Crippen LogP contribution in [-0.2, 0) is 4.74 Å². The second-order valence-corrected chi connectivity index (χ2v) is 4.69. The van der Waals surface area contributed by atoms with Gasteiger partial charge in [-0.2, -0.15) is 0 Å². The summed E-state index contributed by atoms with van der Waals surface area (Å²) in [5.41, 5.74) is 0. The lowest BCUT2D eigenvalue weighted by Crippen LogP contribution is -2.32. The van der Waals surface area contributed by atoms with Crippen molar-refractivity contribution in [1.82, 2.24) is 5.32 Å². The van der Waals surface area contributed by atoms with E-state index < -0.39 is 0 Å². The van der Waals surface area contributed by atoms with Crippen LogP contribution in [0.3, 0.4) is 0 Å². The molecule has 0 aromatic rings. The van der Waals surface area contributed by atoms with Crippen LogP contribution in [0.15, 0.2) is 0 Å². The first kappa shape index (κ1) is 15.9. The van der Waals surface area contributed by atoms with Crippen molar-refractivity contribution in [2.45, 2.75) is 65.3 Å². The van der Waals surface area contributed by atoms with Gasteiger partial charge in [-0.1, -0.05) is 46.5 Å². The molecule has 0 fully saturated rings. The molecule has 0 radical (unpaired) electrons. The van der Waals surface area contributed by atoms with Crippen molar-refractivity contribution in [2.75, 3.05) is 20.3 Å². The fourth-order valence-electron chi connectivity index (χ4n) is 2.24. The summed E-state index contributed by atoms with van der Waals surface area (Å²) in [6, 6.07) is 0.645. The monoisotopic (exact) mass is 229 g/mol. The molecule has 0 aromatic heterocycles. The predicted octanol–water partition coefficient (Wildman–Crippen LogP) is 3.61. The normalized spacial score (nSPS) is 15.0. The zero-order valence-corrected chi connectivity index (χ0v) is 11.7. The van der Waals surface area contributed by atoms with E-state index in [1.54, 1.807) is 7.11 Å². The number of unbranched alkanes of at least 4 members (excludes halogenated alkanes) is 1. The standard InChI is InChI=1S/C14H31NO/c1-5-8-9-13(6-2)12-14(15-7-3)10-11-16-4/h13-15H,5-12H2,1-4H3. The highest BCUT2D eigenvalue weighted by Crippen LogP contribution is 2.19. The van der Waals surface area contributed by atoms with Gasteiger partial charge in [-0.3, -0.25) is 0 Å². The molecule has 0 spiro atoms. The number of rotatable bonds is 11. The van der Waals surface area contributed by atoms with Crippen molar-refractivity contribution < 1.29 is 4.74 Å². The quantitative estimate of drug-likeness (QED) is 0.584. The average molecular weight is 229 g/mol. The minimum atomic E-state index is 0.645. The molecule has 98 valence electrons. The van der Waals surface area contributed by atoms with Gasteiger partial charge in [0.25, 0.3) is 0 Å². The minimum Gasteiger partial charge on any atom is -0.385 e. The van der Waals surface area contributed by atoms with Gasteiger partial charge in [0.1, 0.15) is 0 Å². The van der Waals surface area contributed by atoms with Crippen molar-refractivity contribution in [1.29, 1.82) is 0 Å². The van der Waals surface area contributed by atoms with Crippen LogP contribution in [0, 0.1) is 5.92 Å². The number of hydrogen-bond donors (Lipinski definition) is 1. The fourth-order valence-corrected chi connectivity index (χ4v) is 2.24. The van der Waals surface area contributed by atoms with Crippen LogP contribution in [0.1, 0.15) is 59.3 Å². The summed E-state index contributed by atoms with van der Waals surface area (Å²) < 4.78 is 5.18. The first-order chi connectivity index (χ1) is 7.78. The maximum atomic E-state index is 5.18.